The zero-order valence-electron chi connectivity index (χ0n) is 17.5. The van der Waals surface area contributed by atoms with Crippen LogP contribution in [0.3, 0.4) is 0 Å². The van der Waals surface area contributed by atoms with Gasteiger partial charge in [0.2, 0.25) is 0 Å². The average molecular weight is 432 g/mol. The fourth-order valence-electron chi connectivity index (χ4n) is 4.16. The molecule has 1 aliphatic carbocycles. The van der Waals surface area contributed by atoms with E-state index in [0.29, 0.717) is 16.7 Å². The van der Waals surface area contributed by atoms with Crippen molar-refractivity contribution in [2.24, 2.45) is 0 Å². The van der Waals surface area contributed by atoms with E-state index in [1.54, 1.807) is 6.07 Å². The number of pyridine rings is 1. The molecule has 6 heteroatoms. The molecule has 0 unspecified atom stereocenters. The molecule has 3 heterocycles. The molecule has 5 rings (SSSR count). The quantitative estimate of drug-likeness (QED) is 0.296. The second kappa shape index (κ2) is 8.55. The summed E-state index contributed by atoms with van der Waals surface area (Å²) in [6.45, 7) is 2.08. The summed E-state index contributed by atoms with van der Waals surface area (Å²) in [6, 6.07) is 15.9. The average Bonchev–Trinajstić information content (AvgIpc) is 3.44. The Morgan fingerprint density at radius 3 is 2.68 bits per heavy atom. The van der Waals surface area contributed by atoms with Gasteiger partial charge in [0, 0.05) is 17.8 Å². The van der Waals surface area contributed by atoms with Crippen molar-refractivity contribution in [3.05, 3.63) is 70.5 Å². The van der Waals surface area contributed by atoms with E-state index in [1.807, 2.05) is 35.7 Å². The highest BCUT2D eigenvalue weighted by molar-refractivity contribution is 7.12. The largest absolute Gasteiger partial charge is 0.422 e. The van der Waals surface area contributed by atoms with Crippen molar-refractivity contribution in [1.82, 2.24) is 9.38 Å². The molecule has 0 radical (unpaired) electrons. The Bertz CT molecular complexity index is 1190. The number of thiophene rings is 1. The van der Waals surface area contributed by atoms with E-state index in [-0.39, 0.29) is 5.97 Å². The SMILES string of the molecule is Cc1ccn2c(NC3CCCCC3)c(-c3ccc(OC(=O)c4cccs4)cc3)nc2c1. The Hall–Kier alpha value is -3.12. The van der Waals surface area contributed by atoms with E-state index >= 15 is 0 Å². The predicted molar refractivity (Wildman–Crippen MR) is 125 cm³/mol. The zero-order valence-corrected chi connectivity index (χ0v) is 18.3. The number of esters is 1. The number of aryl methyl sites for hydroxylation is 1. The van der Waals surface area contributed by atoms with Gasteiger partial charge < -0.3 is 10.1 Å². The zero-order chi connectivity index (χ0) is 21.2. The summed E-state index contributed by atoms with van der Waals surface area (Å²) in [6.07, 6.45) is 8.33. The van der Waals surface area contributed by atoms with E-state index in [4.69, 9.17) is 9.72 Å². The van der Waals surface area contributed by atoms with Crippen LogP contribution in [0.2, 0.25) is 0 Å². The first-order valence-electron chi connectivity index (χ1n) is 10.8. The van der Waals surface area contributed by atoms with Gasteiger partial charge in [0.1, 0.15) is 27.8 Å². The van der Waals surface area contributed by atoms with Crippen LogP contribution in [0.25, 0.3) is 16.9 Å². The van der Waals surface area contributed by atoms with Crippen LogP contribution in [0.1, 0.15) is 47.3 Å². The third-order valence-electron chi connectivity index (χ3n) is 5.79. The van der Waals surface area contributed by atoms with Gasteiger partial charge in [0.05, 0.1) is 0 Å². The molecule has 1 aromatic carbocycles. The molecule has 0 bridgehead atoms. The molecule has 0 spiro atoms. The lowest BCUT2D eigenvalue weighted by Gasteiger charge is -2.24. The number of benzene rings is 1. The van der Waals surface area contributed by atoms with E-state index in [1.165, 1.54) is 49.0 Å². The maximum atomic E-state index is 12.2. The van der Waals surface area contributed by atoms with Crippen LogP contribution >= 0.6 is 11.3 Å². The van der Waals surface area contributed by atoms with Crippen molar-refractivity contribution in [1.29, 1.82) is 0 Å². The van der Waals surface area contributed by atoms with Crippen LogP contribution in [0.15, 0.2) is 60.1 Å². The summed E-state index contributed by atoms with van der Waals surface area (Å²) in [7, 11) is 0. The second-order valence-electron chi connectivity index (χ2n) is 8.11. The van der Waals surface area contributed by atoms with Crippen LogP contribution in [-0.2, 0) is 0 Å². The number of imidazole rings is 1. The highest BCUT2D eigenvalue weighted by Gasteiger charge is 2.20. The van der Waals surface area contributed by atoms with Crippen molar-refractivity contribution >= 4 is 28.8 Å². The second-order valence-corrected chi connectivity index (χ2v) is 9.06. The molecule has 0 atom stereocenters. The van der Waals surface area contributed by atoms with Gasteiger partial charge in [-0.05, 0) is 73.2 Å². The molecule has 3 aromatic heterocycles. The minimum absolute atomic E-state index is 0.328. The van der Waals surface area contributed by atoms with E-state index in [0.717, 1.165) is 22.7 Å². The van der Waals surface area contributed by atoms with Gasteiger partial charge >= 0.3 is 5.97 Å². The Kier molecular flexibility index (Phi) is 5.47. The van der Waals surface area contributed by atoms with Crippen LogP contribution < -0.4 is 10.1 Å². The summed E-state index contributed by atoms with van der Waals surface area (Å²) in [5.41, 5.74) is 4.04. The van der Waals surface area contributed by atoms with Gasteiger partial charge in [0.25, 0.3) is 0 Å². The Morgan fingerprint density at radius 1 is 1.13 bits per heavy atom. The molecule has 4 aromatic rings. The number of aromatic nitrogens is 2. The first-order chi connectivity index (χ1) is 15.2. The fourth-order valence-corrected chi connectivity index (χ4v) is 4.76. The van der Waals surface area contributed by atoms with Gasteiger partial charge in [0.15, 0.2) is 0 Å². The Balaban J connectivity index is 1.45. The Morgan fingerprint density at radius 2 is 1.94 bits per heavy atom. The molecule has 31 heavy (non-hydrogen) atoms. The summed E-state index contributed by atoms with van der Waals surface area (Å²) in [4.78, 5) is 17.7. The number of hydrogen-bond donors (Lipinski definition) is 1. The highest BCUT2D eigenvalue weighted by Crippen LogP contribution is 2.33. The van der Waals surface area contributed by atoms with Crippen molar-refractivity contribution in [3.63, 3.8) is 0 Å². The molecule has 0 saturated heterocycles. The molecular formula is C25H25N3O2S. The van der Waals surface area contributed by atoms with Crippen molar-refractivity contribution < 1.29 is 9.53 Å². The molecular weight excluding hydrogens is 406 g/mol. The number of fused-ring (bicyclic) bond motifs is 1. The lowest BCUT2D eigenvalue weighted by molar-refractivity contribution is 0.0740. The number of nitrogens with one attached hydrogen (secondary N) is 1. The van der Waals surface area contributed by atoms with Gasteiger partial charge in [-0.25, -0.2) is 9.78 Å². The van der Waals surface area contributed by atoms with Gasteiger partial charge in [-0.2, -0.15) is 0 Å². The lowest BCUT2D eigenvalue weighted by atomic mass is 9.95. The van der Waals surface area contributed by atoms with Gasteiger partial charge in [-0.3, -0.25) is 4.40 Å². The standard InChI is InChI=1S/C25H25N3O2S/c1-17-13-14-28-22(16-17)27-23(24(28)26-19-6-3-2-4-7-19)18-9-11-20(12-10-18)30-25(29)21-8-5-15-31-21/h5,8-16,19,26H,2-4,6-7H2,1H3. The number of hydrogen-bond acceptors (Lipinski definition) is 5. The van der Waals surface area contributed by atoms with Gasteiger partial charge in [-0.1, -0.05) is 25.3 Å². The lowest BCUT2D eigenvalue weighted by Crippen LogP contribution is -2.23. The first-order valence-corrected chi connectivity index (χ1v) is 11.7. The number of anilines is 1. The molecule has 5 nitrogen and oxygen atoms in total. The molecule has 0 aliphatic heterocycles. The monoisotopic (exact) mass is 431 g/mol. The number of rotatable bonds is 5. The molecule has 0 amide bonds. The molecule has 1 saturated carbocycles. The van der Waals surface area contributed by atoms with Crippen molar-refractivity contribution in [2.75, 3.05) is 5.32 Å². The topological polar surface area (TPSA) is 55.6 Å². The third-order valence-corrected chi connectivity index (χ3v) is 6.64. The molecule has 1 fully saturated rings. The number of carbonyl (C=O) groups is 1. The fraction of sp³-hybridized carbons (Fsp3) is 0.280. The van der Waals surface area contributed by atoms with Crippen LogP contribution in [0.5, 0.6) is 5.75 Å². The maximum Gasteiger partial charge on any atom is 0.353 e. The number of carbonyl (C=O) groups excluding carboxylic acids is 1. The van der Waals surface area contributed by atoms with Crippen molar-refractivity contribution in [2.45, 2.75) is 45.1 Å². The maximum absolute atomic E-state index is 12.2. The summed E-state index contributed by atoms with van der Waals surface area (Å²) < 4.78 is 7.65. The highest BCUT2D eigenvalue weighted by atomic mass is 32.1. The summed E-state index contributed by atoms with van der Waals surface area (Å²) >= 11 is 1.38. The van der Waals surface area contributed by atoms with Crippen LogP contribution in [-0.4, -0.2) is 21.4 Å². The molecule has 1 N–H and O–H groups in total. The number of nitrogens with zero attached hydrogens (tertiary/aromatic N) is 2. The minimum atomic E-state index is -0.328. The summed E-state index contributed by atoms with van der Waals surface area (Å²) in [5, 5.41) is 5.64. The minimum Gasteiger partial charge on any atom is -0.422 e. The van der Waals surface area contributed by atoms with Crippen molar-refractivity contribution in [3.8, 4) is 17.0 Å². The summed E-state index contributed by atoms with van der Waals surface area (Å²) in [5.74, 6) is 1.24. The predicted octanol–water partition coefficient (Wildman–Crippen LogP) is 6.34. The smallest absolute Gasteiger partial charge is 0.353 e. The molecule has 1 aliphatic rings. The van der Waals surface area contributed by atoms with Gasteiger partial charge in [-0.15, -0.1) is 11.3 Å². The van der Waals surface area contributed by atoms with Crippen LogP contribution in [0.4, 0.5) is 5.82 Å². The number of ether oxygens (including phenoxy) is 1. The van der Waals surface area contributed by atoms with E-state index in [2.05, 4.69) is 35.0 Å². The normalized spacial score (nSPS) is 14.6. The first kappa shape index (κ1) is 19.8. The van der Waals surface area contributed by atoms with E-state index in [9.17, 15) is 4.79 Å². The van der Waals surface area contributed by atoms with E-state index < -0.39 is 0 Å². The van der Waals surface area contributed by atoms with Crippen LogP contribution in [0, 0.1) is 6.92 Å². The molecule has 158 valence electrons. The Labute approximate surface area is 185 Å². The third kappa shape index (κ3) is 4.21.